The second kappa shape index (κ2) is 23.2. The number of hydrogen-bond acceptors (Lipinski definition) is 29. The summed E-state index contributed by atoms with van der Waals surface area (Å²) in [5, 5.41) is 189. The summed E-state index contributed by atoms with van der Waals surface area (Å²) in [4.78, 5) is 0. The summed E-state index contributed by atoms with van der Waals surface area (Å²) in [5.41, 5.74) is 0. The second-order valence-electron chi connectivity index (χ2n) is 16.5. The van der Waals surface area contributed by atoms with E-state index in [9.17, 15) is 91.9 Å². The molecule has 18 N–H and O–H groups in total. The molecule has 0 spiro atoms. The Bertz CT molecular complexity index is 1430. The predicted octanol–water partition coefficient (Wildman–Crippen LogP) is -12.4. The summed E-state index contributed by atoms with van der Waals surface area (Å²) in [7, 11) is 0. The Labute approximate surface area is 368 Å². The minimum Gasteiger partial charge on any atom is -0.394 e. The van der Waals surface area contributed by atoms with Crippen LogP contribution in [0.25, 0.3) is 0 Å². The zero-order valence-corrected chi connectivity index (χ0v) is 34.4. The van der Waals surface area contributed by atoms with Crippen LogP contribution >= 0.6 is 0 Å². The first kappa shape index (κ1) is 53.2. The molecule has 380 valence electrons. The van der Waals surface area contributed by atoms with Gasteiger partial charge in [0.05, 0.1) is 58.5 Å². The van der Waals surface area contributed by atoms with E-state index in [1.165, 1.54) is 0 Å². The lowest BCUT2D eigenvalue weighted by atomic mass is 9.95. The van der Waals surface area contributed by atoms with E-state index in [1.807, 2.05) is 0 Å². The number of aliphatic hydroxyl groups excluding tert-OH is 18. The van der Waals surface area contributed by atoms with Gasteiger partial charge in [0.25, 0.3) is 0 Å². The molecule has 0 radical (unpaired) electrons. The second-order valence-corrected chi connectivity index (χ2v) is 16.5. The van der Waals surface area contributed by atoms with Crippen molar-refractivity contribution in [2.75, 3.05) is 46.2 Å². The first-order chi connectivity index (χ1) is 30.9. The third-order valence-electron chi connectivity index (χ3n) is 12.2. The smallest absolute Gasteiger partial charge is 0.187 e. The Balaban J connectivity index is 1.07. The lowest BCUT2D eigenvalue weighted by Crippen LogP contribution is -2.68. The largest absolute Gasteiger partial charge is 0.394 e. The highest BCUT2D eigenvalue weighted by Crippen LogP contribution is 2.36. The molecule has 6 heterocycles. The van der Waals surface area contributed by atoms with Gasteiger partial charge in [0.1, 0.15) is 128 Å². The quantitative estimate of drug-likeness (QED) is 0.0683. The van der Waals surface area contributed by atoms with Crippen molar-refractivity contribution in [2.45, 2.75) is 178 Å². The van der Waals surface area contributed by atoms with Crippen LogP contribution in [0.3, 0.4) is 0 Å². The van der Waals surface area contributed by atoms with Crippen LogP contribution in [0.1, 0.15) is 6.42 Å². The molecule has 0 aromatic rings. The van der Waals surface area contributed by atoms with Crippen molar-refractivity contribution in [1.29, 1.82) is 0 Å². The van der Waals surface area contributed by atoms with Crippen molar-refractivity contribution in [3.05, 3.63) is 0 Å². The number of rotatable bonds is 16. The third kappa shape index (κ3) is 11.2. The molecule has 6 aliphatic heterocycles. The molecular formula is C36H62O29. The average molecular weight is 959 g/mol. The molecule has 28 atom stereocenters. The predicted molar refractivity (Wildman–Crippen MR) is 197 cm³/mol. The summed E-state index contributed by atoms with van der Waals surface area (Å²) in [6, 6.07) is 0. The molecule has 6 rings (SSSR count). The van der Waals surface area contributed by atoms with E-state index in [4.69, 9.17) is 52.1 Å². The van der Waals surface area contributed by atoms with E-state index in [2.05, 4.69) is 0 Å². The normalized spacial score (nSPS) is 52.3. The van der Waals surface area contributed by atoms with Crippen molar-refractivity contribution in [3.63, 3.8) is 0 Å². The van der Waals surface area contributed by atoms with Crippen molar-refractivity contribution < 1.29 is 144 Å². The van der Waals surface area contributed by atoms with Gasteiger partial charge in [-0.2, -0.15) is 0 Å². The molecule has 29 heteroatoms. The molecule has 29 nitrogen and oxygen atoms in total. The van der Waals surface area contributed by atoms with Crippen molar-refractivity contribution in [2.24, 2.45) is 0 Å². The van der Waals surface area contributed by atoms with E-state index >= 15 is 0 Å². The topological polar surface area (TPSA) is 466 Å². The van der Waals surface area contributed by atoms with E-state index in [0.717, 1.165) is 0 Å². The first-order valence-electron chi connectivity index (χ1n) is 20.9. The van der Waals surface area contributed by atoms with Crippen LogP contribution in [-0.4, -0.2) is 310 Å². The molecule has 6 saturated heterocycles. The van der Waals surface area contributed by atoms with Crippen LogP contribution in [0.5, 0.6) is 0 Å². The number of hydrogen-bond donors (Lipinski definition) is 18. The van der Waals surface area contributed by atoms with Crippen LogP contribution in [0.4, 0.5) is 0 Å². The maximum absolute atomic E-state index is 11.2. The molecule has 0 saturated carbocycles. The van der Waals surface area contributed by atoms with Gasteiger partial charge in [-0.25, -0.2) is 0 Å². The van der Waals surface area contributed by atoms with E-state index in [1.54, 1.807) is 0 Å². The van der Waals surface area contributed by atoms with Gasteiger partial charge in [-0.05, 0) is 0 Å². The maximum Gasteiger partial charge on any atom is 0.187 e. The highest BCUT2D eigenvalue weighted by atomic mass is 16.8. The fourth-order valence-corrected chi connectivity index (χ4v) is 8.43. The summed E-state index contributed by atoms with van der Waals surface area (Å²) in [6.07, 6.45) is -49.2. The van der Waals surface area contributed by atoms with Crippen LogP contribution in [-0.2, 0) is 52.1 Å². The van der Waals surface area contributed by atoms with Crippen molar-refractivity contribution >= 4 is 0 Å². The van der Waals surface area contributed by atoms with Gasteiger partial charge in [0, 0.05) is 6.42 Å². The van der Waals surface area contributed by atoms with Gasteiger partial charge in [-0.1, -0.05) is 0 Å². The molecule has 0 bridgehead atoms. The molecule has 0 aromatic heterocycles. The van der Waals surface area contributed by atoms with Crippen LogP contribution in [0.15, 0.2) is 0 Å². The molecule has 12 unspecified atom stereocenters. The standard InChI is InChI=1S/C36H62O29/c37-2-9-1-10(43)18(46)32(56-9)62-28-13(4-39)58-34(24(52)19(28)47)64-30-15(6-41)60-36(26(54)21(30)49)65-31-16(7-42)59-35(25(53)22(31)50)63-29-14(5-40)57-33(23(51)20(29)48)61-27-12(3-38)55-8-11(44)17(27)45/h9-54H,1-8H2/t9-,10?,11?,12+,13+,14+,15+,16+,17?,18?,19?,20?,21?,22?,23?,24?,25?,26?,27+,28+,29+,30+,31+,32+,33+,34+,35+,36+/m0/s1. The Hall–Kier alpha value is -1.16. The molecular weight excluding hydrogens is 896 g/mol. The molecule has 0 aromatic carbocycles. The third-order valence-corrected chi connectivity index (χ3v) is 12.2. The summed E-state index contributed by atoms with van der Waals surface area (Å²) < 4.78 is 61.2. The Kier molecular flexibility index (Phi) is 19.0. The monoisotopic (exact) mass is 958 g/mol. The van der Waals surface area contributed by atoms with Gasteiger partial charge in [-0.15, -0.1) is 0 Å². The minimum atomic E-state index is -2.14. The fraction of sp³-hybridized carbons (Fsp3) is 1.00. The minimum absolute atomic E-state index is 0.152. The van der Waals surface area contributed by atoms with Gasteiger partial charge in [0.15, 0.2) is 31.5 Å². The zero-order chi connectivity index (χ0) is 47.6. The van der Waals surface area contributed by atoms with Crippen molar-refractivity contribution in [1.82, 2.24) is 0 Å². The summed E-state index contributed by atoms with van der Waals surface area (Å²) in [5.74, 6) is 0. The lowest BCUT2D eigenvalue weighted by Gasteiger charge is -2.49. The Morgan fingerprint density at radius 2 is 0.600 bits per heavy atom. The van der Waals surface area contributed by atoms with Crippen LogP contribution in [0.2, 0.25) is 0 Å². The molecule has 0 aliphatic carbocycles. The number of aliphatic hydroxyl groups is 18. The molecule has 6 fully saturated rings. The fourth-order valence-electron chi connectivity index (χ4n) is 8.43. The van der Waals surface area contributed by atoms with Gasteiger partial charge in [-0.3, -0.25) is 0 Å². The highest BCUT2D eigenvalue weighted by Gasteiger charge is 2.56. The summed E-state index contributed by atoms with van der Waals surface area (Å²) in [6.45, 7) is -5.40. The molecule has 65 heavy (non-hydrogen) atoms. The SMILES string of the molecule is OC[C@@H]1CC(O)C(O)[C@@H](O[C@H]2C(O)C(O)[C@@H](O[C@H]3C(O)C(O)[C@@H](O[C@H]4C(O)C(O)[C@@H](O[C@H]5C(O)C(O)[C@@H](O[C@H]6C(O)C(O)CO[C@@H]6CO)O[C@@H]5CO)O[C@@H]4CO)O[C@@H]3CO)O[C@@H]2CO)O1. The zero-order valence-electron chi connectivity index (χ0n) is 34.4. The number of ether oxygens (including phenoxy) is 11. The van der Waals surface area contributed by atoms with E-state index in [-0.39, 0.29) is 13.0 Å². The maximum atomic E-state index is 11.2. The average Bonchev–Trinajstić information content (AvgIpc) is 3.30. The first-order valence-corrected chi connectivity index (χ1v) is 20.9. The van der Waals surface area contributed by atoms with Crippen LogP contribution < -0.4 is 0 Å². The van der Waals surface area contributed by atoms with Crippen molar-refractivity contribution in [3.8, 4) is 0 Å². The van der Waals surface area contributed by atoms with Gasteiger partial charge in [0.2, 0.25) is 0 Å². The van der Waals surface area contributed by atoms with E-state index < -0.39 is 211 Å². The van der Waals surface area contributed by atoms with Crippen LogP contribution in [0, 0.1) is 0 Å². The molecule has 0 amide bonds. The summed E-state index contributed by atoms with van der Waals surface area (Å²) >= 11 is 0. The Morgan fingerprint density at radius 3 is 0.892 bits per heavy atom. The Morgan fingerprint density at radius 1 is 0.308 bits per heavy atom. The molecule has 6 aliphatic rings. The van der Waals surface area contributed by atoms with Gasteiger partial charge < -0.3 is 144 Å². The highest BCUT2D eigenvalue weighted by molar-refractivity contribution is 4.99. The van der Waals surface area contributed by atoms with Gasteiger partial charge >= 0.3 is 0 Å². The lowest BCUT2D eigenvalue weighted by molar-refractivity contribution is -0.394. The van der Waals surface area contributed by atoms with E-state index in [0.29, 0.717) is 0 Å².